The molecule has 1 aliphatic rings. The third-order valence-electron chi connectivity index (χ3n) is 5.01. The standard InChI is InChI=1S/C21H29ClN6O2S2/c1-2-9-27-11-13-28(14-12-27)10-3-8-23-18(29)15-31-21-26-25-20(32-21)19(30)24-17-6-4-16(22)5-7-17/h4-7H,2-3,8-15H2,1H3,(H,23,29)(H,24,30). The van der Waals surface area contributed by atoms with E-state index in [2.05, 4.69) is 37.6 Å². The summed E-state index contributed by atoms with van der Waals surface area (Å²) in [7, 11) is 0. The van der Waals surface area contributed by atoms with E-state index >= 15 is 0 Å². The number of piperazine rings is 1. The Hall–Kier alpha value is -1.72. The van der Waals surface area contributed by atoms with Crippen LogP contribution in [0.1, 0.15) is 29.6 Å². The molecule has 2 heterocycles. The van der Waals surface area contributed by atoms with Gasteiger partial charge in [-0.15, -0.1) is 10.2 Å². The van der Waals surface area contributed by atoms with Gasteiger partial charge < -0.3 is 20.4 Å². The first-order chi connectivity index (χ1) is 15.5. The highest BCUT2D eigenvalue weighted by atomic mass is 35.5. The van der Waals surface area contributed by atoms with Crippen molar-refractivity contribution in [3.8, 4) is 0 Å². The van der Waals surface area contributed by atoms with E-state index in [9.17, 15) is 9.59 Å². The Labute approximate surface area is 202 Å². The second kappa shape index (κ2) is 13.1. The lowest BCUT2D eigenvalue weighted by Crippen LogP contribution is -2.47. The van der Waals surface area contributed by atoms with E-state index in [1.165, 1.54) is 36.1 Å². The molecule has 1 fully saturated rings. The van der Waals surface area contributed by atoms with Crippen LogP contribution in [-0.4, -0.2) is 83.4 Å². The van der Waals surface area contributed by atoms with Crippen LogP contribution < -0.4 is 10.6 Å². The molecule has 2 amide bonds. The summed E-state index contributed by atoms with van der Waals surface area (Å²) in [6, 6.07) is 6.83. The highest BCUT2D eigenvalue weighted by Crippen LogP contribution is 2.23. The second-order valence-electron chi connectivity index (χ2n) is 7.51. The zero-order valence-electron chi connectivity index (χ0n) is 18.2. The molecule has 174 valence electrons. The molecule has 2 aromatic rings. The number of amides is 2. The van der Waals surface area contributed by atoms with E-state index in [1.54, 1.807) is 24.3 Å². The van der Waals surface area contributed by atoms with E-state index in [0.29, 0.717) is 21.6 Å². The number of aromatic nitrogens is 2. The van der Waals surface area contributed by atoms with Gasteiger partial charge in [0.25, 0.3) is 5.91 Å². The van der Waals surface area contributed by atoms with E-state index in [0.717, 1.165) is 39.1 Å². The van der Waals surface area contributed by atoms with Crippen LogP contribution >= 0.6 is 34.7 Å². The summed E-state index contributed by atoms with van der Waals surface area (Å²) < 4.78 is 0.589. The maximum atomic E-state index is 12.3. The molecule has 2 N–H and O–H groups in total. The molecule has 11 heteroatoms. The highest BCUT2D eigenvalue weighted by molar-refractivity contribution is 8.01. The van der Waals surface area contributed by atoms with Crippen LogP contribution in [0.5, 0.6) is 0 Å². The van der Waals surface area contributed by atoms with Crippen molar-refractivity contribution < 1.29 is 9.59 Å². The number of benzene rings is 1. The lowest BCUT2D eigenvalue weighted by Gasteiger charge is -2.34. The molecule has 0 bridgehead atoms. The third kappa shape index (κ3) is 8.32. The lowest BCUT2D eigenvalue weighted by molar-refractivity contribution is -0.118. The van der Waals surface area contributed by atoms with Crippen molar-refractivity contribution in [1.29, 1.82) is 0 Å². The lowest BCUT2D eigenvalue weighted by atomic mass is 10.2. The van der Waals surface area contributed by atoms with Crippen molar-refractivity contribution in [1.82, 2.24) is 25.3 Å². The summed E-state index contributed by atoms with van der Waals surface area (Å²) in [4.78, 5) is 29.4. The van der Waals surface area contributed by atoms with Gasteiger partial charge in [0, 0.05) is 43.4 Å². The van der Waals surface area contributed by atoms with Crippen molar-refractivity contribution >= 4 is 52.2 Å². The number of hydrogen-bond acceptors (Lipinski definition) is 8. The fourth-order valence-corrected chi connectivity index (χ4v) is 5.04. The molecule has 0 aliphatic carbocycles. The predicted molar refractivity (Wildman–Crippen MR) is 131 cm³/mol. The summed E-state index contributed by atoms with van der Waals surface area (Å²) in [5.41, 5.74) is 0.631. The average Bonchev–Trinajstić information content (AvgIpc) is 3.27. The summed E-state index contributed by atoms with van der Waals surface area (Å²) >= 11 is 8.30. The number of halogens is 1. The Morgan fingerprint density at radius 1 is 1.09 bits per heavy atom. The third-order valence-corrected chi connectivity index (χ3v) is 7.31. The van der Waals surface area contributed by atoms with Gasteiger partial charge >= 0.3 is 0 Å². The first-order valence-corrected chi connectivity index (χ1v) is 13.0. The number of hydrogen-bond donors (Lipinski definition) is 2. The summed E-state index contributed by atoms with van der Waals surface area (Å²) in [6.45, 7) is 9.57. The van der Waals surface area contributed by atoms with E-state index < -0.39 is 0 Å². The van der Waals surface area contributed by atoms with Crippen molar-refractivity contribution in [3.05, 3.63) is 34.3 Å². The second-order valence-corrected chi connectivity index (χ2v) is 10.1. The molecular formula is C21H29ClN6O2S2. The molecule has 0 spiro atoms. The molecule has 32 heavy (non-hydrogen) atoms. The van der Waals surface area contributed by atoms with Gasteiger partial charge in [-0.05, 0) is 50.2 Å². The average molecular weight is 497 g/mol. The molecular weight excluding hydrogens is 468 g/mol. The van der Waals surface area contributed by atoms with Gasteiger partial charge in [-0.1, -0.05) is 41.6 Å². The van der Waals surface area contributed by atoms with Gasteiger partial charge in [0.1, 0.15) is 0 Å². The van der Waals surface area contributed by atoms with Crippen molar-refractivity contribution in [2.75, 3.05) is 56.9 Å². The molecule has 0 unspecified atom stereocenters. The SMILES string of the molecule is CCCN1CCN(CCCNC(=O)CSc2nnc(C(=O)Nc3ccc(Cl)cc3)s2)CC1. The minimum atomic E-state index is -0.336. The minimum absolute atomic E-state index is 0.0369. The monoisotopic (exact) mass is 496 g/mol. The number of carbonyl (C=O) groups is 2. The van der Waals surface area contributed by atoms with Crippen LogP contribution in [0.3, 0.4) is 0 Å². The topological polar surface area (TPSA) is 90.5 Å². The van der Waals surface area contributed by atoms with Gasteiger partial charge in [-0.2, -0.15) is 0 Å². The number of nitrogens with one attached hydrogen (secondary N) is 2. The van der Waals surface area contributed by atoms with Crippen LogP contribution in [0.2, 0.25) is 5.02 Å². The Morgan fingerprint density at radius 3 is 2.47 bits per heavy atom. The zero-order valence-corrected chi connectivity index (χ0v) is 20.6. The number of nitrogens with zero attached hydrogens (tertiary/aromatic N) is 4. The van der Waals surface area contributed by atoms with Crippen molar-refractivity contribution in [3.63, 3.8) is 0 Å². The minimum Gasteiger partial charge on any atom is -0.355 e. The fourth-order valence-electron chi connectivity index (χ4n) is 3.34. The largest absolute Gasteiger partial charge is 0.355 e. The molecule has 0 atom stereocenters. The summed E-state index contributed by atoms with van der Waals surface area (Å²) in [6.07, 6.45) is 2.15. The Kier molecular flexibility index (Phi) is 10.2. The molecule has 3 rings (SSSR count). The smallest absolute Gasteiger partial charge is 0.286 e. The molecule has 8 nitrogen and oxygen atoms in total. The van der Waals surface area contributed by atoms with Gasteiger partial charge in [-0.3, -0.25) is 9.59 Å². The van der Waals surface area contributed by atoms with Crippen LogP contribution in [0.25, 0.3) is 0 Å². The van der Waals surface area contributed by atoms with Crippen molar-refractivity contribution in [2.24, 2.45) is 0 Å². The number of anilines is 1. The fraction of sp³-hybridized carbons (Fsp3) is 0.524. The predicted octanol–water partition coefficient (Wildman–Crippen LogP) is 3.07. The molecule has 0 saturated carbocycles. The first-order valence-electron chi connectivity index (χ1n) is 10.8. The summed E-state index contributed by atoms with van der Waals surface area (Å²) in [5, 5.41) is 14.5. The molecule has 1 aromatic carbocycles. The molecule has 1 aliphatic heterocycles. The van der Waals surface area contributed by atoms with Gasteiger partial charge in [0.15, 0.2) is 4.34 Å². The summed E-state index contributed by atoms with van der Waals surface area (Å²) in [5.74, 6) is -0.120. The maximum Gasteiger partial charge on any atom is 0.286 e. The van der Waals surface area contributed by atoms with E-state index in [4.69, 9.17) is 11.6 Å². The van der Waals surface area contributed by atoms with Crippen LogP contribution in [0, 0.1) is 0 Å². The first kappa shape index (κ1) is 24.9. The van der Waals surface area contributed by atoms with Crippen LogP contribution in [0.15, 0.2) is 28.6 Å². The van der Waals surface area contributed by atoms with Crippen LogP contribution in [-0.2, 0) is 4.79 Å². The quantitative estimate of drug-likeness (QED) is 0.365. The van der Waals surface area contributed by atoms with Gasteiger partial charge in [0.2, 0.25) is 10.9 Å². The normalized spacial score (nSPS) is 14.9. The zero-order chi connectivity index (χ0) is 22.8. The Balaban J connectivity index is 1.29. The van der Waals surface area contributed by atoms with E-state index in [1.807, 2.05) is 0 Å². The Morgan fingerprint density at radius 2 is 1.78 bits per heavy atom. The molecule has 1 aromatic heterocycles. The number of thioether (sulfide) groups is 1. The van der Waals surface area contributed by atoms with Crippen LogP contribution in [0.4, 0.5) is 5.69 Å². The van der Waals surface area contributed by atoms with Crippen molar-refractivity contribution in [2.45, 2.75) is 24.1 Å². The van der Waals surface area contributed by atoms with E-state index in [-0.39, 0.29) is 22.6 Å². The van der Waals surface area contributed by atoms with Gasteiger partial charge in [-0.25, -0.2) is 0 Å². The maximum absolute atomic E-state index is 12.3. The Bertz CT molecular complexity index is 871. The number of rotatable bonds is 11. The molecule has 1 saturated heterocycles. The van der Waals surface area contributed by atoms with Gasteiger partial charge in [0.05, 0.1) is 5.75 Å². The number of carbonyl (C=O) groups excluding carboxylic acids is 2. The highest BCUT2D eigenvalue weighted by Gasteiger charge is 2.16. The molecule has 0 radical (unpaired) electrons.